The lowest BCUT2D eigenvalue weighted by Crippen LogP contribution is -2.06. The fourth-order valence-corrected chi connectivity index (χ4v) is 0.954. The van der Waals surface area contributed by atoms with E-state index in [1.807, 2.05) is 0 Å². The predicted molar refractivity (Wildman–Crippen MR) is 57.4 cm³/mol. The van der Waals surface area contributed by atoms with Crippen LogP contribution in [-0.2, 0) is 0 Å². The number of nitrogen functional groups attached to an aromatic ring is 2. The van der Waals surface area contributed by atoms with Crippen molar-refractivity contribution in [3.63, 3.8) is 0 Å². The third-order valence-corrected chi connectivity index (χ3v) is 1.50. The van der Waals surface area contributed by atoms with Crippen LogP contribution in [0.25, 0.3) is 0 Å². The van der Waals surface area contributed by atoms with Gasteiger partial charge in [-0.2, -0.15) is 9.97 Å². The van der Waals surface area contributed by atoms with Crippen LogP contribution >= 0.6 is 0 Å². The smallest absolute Gasteiger partial charge is 0.223 e. The highest BCUT2D eigenvalue weighted by Gasteiger charge is 1.97. The molecule has 0 fully saturated rings. The number of hydrogen-bond acceptors (Lipinski definition) is 5. The van der Waals surface area contributed by atoms with Crippen molar-refractivity contribution in [2.24, 2.45) is 0 Å². The van der Waals surface area contributed by atoms with Gasteiger partial charge < -0.3 is 16.8 Å². The maximum Gasteiger partial charge on any atom is 0.223 e. The second-order valence-electron chi connectivity index (χ2n) is 2.64. The standard InChI is InChI=1S/C9H13N5/c1-2-3-4-5-12-8-6-7(10)13-9(11)14-8/h6H,4-5H2,1H3,(H5,10,11,12,13,14). The molecule has 5 heteroatoms. The molecule has 0 aliphatic rings. The third-order valence-electron chi connectivity index (χ3n) is 1.50. The minimum atomic E-state index is 0.175. The van der Waals surface area contributed by atoms with Crippen LogP contribution < -0.4 is 16.8 Å². The molecule has 0 saturated carbocycles. The molecule has 1 aromatic heterocycles. The van der Waals surface area contributed by atoms with E-state index < -0.39 is 0 Å². The van der Waals surface area contributed by atoms with Gasteiger partial charge in [-0.1, -0.05) is 0 Å². The number of anilines is 3. The highest BCUT2D eigenvalue weighted by atomic mass is 15.1. The molecule has 14 heavy (non-hydrogen) atoms. The van der Waals surface area contributed by atoms with Crippen LogP contribution in [0.3, 0.4) is 0 Å². The summed E-state index contributed by atoms with van der Waals surface area (Å²) in [6.45, 7) is 2.53. The Morgan fingerprint density at radius 3 is 2.86 bits per heavy atom. The van der Waals surface area contributed by atoms with Crippen LogP contribution in [0, 0.1) is 11.8 Å². The summed E-state index contributed by atoms with van der Waals surface area (Å²) >= 11 is 0. The normalized spacial score (nSPS) is 8.93. The predicted octanol–water partition coefficient (Wildman–Crippen LogP) is 0.466. The summed E-state index contributed by atoms with van der Waals surface area (Å²) in [4.78, 5) is 7.71. The Morgan fingerprint density at radius 1 is 1.43 bits per heavy atom. The van der Waals surface area contributed by atoms with Crippen LogP contribution in [0.15, 0.2) is 6.07 Å². The van der Waals surface area contributed by atoms with Gasteiger partial charge in [-0.3, -0.25) is 0 Å². The minimum Gasteiger partial charge on any atom is -0.383 e. The lowest BCUT2D eigenvalue weighted by Gasteiger charge is -2.04. The first-order valence-electron chi connectivity index (χ1n) is 4.26. The highest BCUT2D eigenvalue weighted by Crippen LogP contribution is 2.08. The fraction of sp³-hybridized carbons (Fsp3) is 0.333. The molecule has 0 aliphatic heterocycles. The number of nitrogens with one attached hydrogen (secondary N) is 1. The van der Waals surface area contributed by atoms with Gasteiger partial charge in [0.2, 0.25) is 5.95 Å². The second kappa shape index (κ2) is 4.92. The summed E-state index contributed by atoms with van der Waals surface area (Å²) in [5, 5.41) is 3.05. The molecule has 0 unspecified atom stereocenters. The van der Waals surface area contributed by atoms with Gasteiger partial charge in [-0.25, -0.2) is 0 Å². The molecule has 1 rings (SSSR count). The largest absolute Gasteiger partial charge is 0.383 e. The Labute approximate surface area is 82.9 Å². The van der Waals surface area contributed by atoms with Crippen molar-refractivity contribution in [3.8, 4) is 11.8 Å². The summed E-state index contributed by atoms with van der Waals surface area (Å²) in [5.41, 5.74) is 10.9. The monoisotopic (exact) mass is 191 g/mol. The van der Waals surface area contributed by atoms with Crippen LogP contribution in [0.5, 0.6) is 0 Å². The molecular weight excluding hydrogens is 178 g/mol. The molecule has 0 bridgehead atoms. The van der Waals surface area contributed by atoms with Crippen molar-refractivity contribution < 1.29 is 0 Å². The quantitative estimate of drug-likeness (QED) is 0.477. The van der Waals surface area contributed by atoms with Gasteiger partial charge in [0.15, 0.2) is 0 Å². The van der Waals surface area contributed by atoms with E-state index in [-0.39, 0.29) is 5.95 Å². The van der Waals surface area contributed by atoms with Gasteiger partial charge in [0.25, 0.3) is 0 Å². The molecule has 5 N–H and O–H groups in total. The van der Waals surface area contributed by atoms with Gasteiger partial charge in [-0.15, -0.1) is 11.8 Å². The molecule has 1 heterocycles. The molecule has 0 aromatic carbocycles. The molecule has 1 aromatic rings. The number of nitrogens with two attached hydrogens (primary N) is 2. The SMILES string of the molecule is CC#CCCNc1cc(N)nc(N)n1. The van der Waals surface area contributed by atoms with Crippen molar-refractivity contribution in [3.05, 3.63) is 6.07 Å². The van der Waals surface area contributed by atoms with E-state index >= 15 is 0 Å². The van der Waals surface area contributed by atoms with Gasteiger partial charge in [0.05, 0.1) is 0 Å². The van der Waals surface area contributed by atoms with E-state index in [4.69, 9.17) is 11.5 Å². The average Bonchev–Trinajstić information content (AvgIpc) is 2.11. The highest BCUT2D eigenvalue weighted by molar-refractivity contribution is 5.48. The van der Waals surface area contributed by atoms with Gasteiger partial charge in [0, 0.05) is 19.0 Å². The summed E-state index contributed by atoms with van der Waals surface area (Å²) in [6, 6.07) is 1.63. The average molecular weight is 191 g/mol. The van der Waals surface area contributed by atoms with Gasteiger partial charge in [-0.05, 0) is 6.92 Å². The molecule has 0 amide bonds. The Hall–Kier alpha value is -1.96. The molecule has 0 radical (unpaired) electrons. The zero-order valence-electron chi connectivity index (χ0n) is 8.04. The number of hydrogen-bond donors (Lipinski definition) is 3. The van der Waals surface area contributed by atoms with Crippen molar-refractivity contribution in [2.45, 2.75) is 13.3 Å². The molecule has 74 valence electrons. The summed E-state index contributed by atoms with van der Waals surface area (Å²) < 4.78 is 0. The van der Waals surface area contributed by atoms with Gasteiger partial charge in [0.1, 0.15) is 11.6 Å². The number of aromatic nitrogens is 2. The van der Waals surface area contributed by atoms with Crippen molar-refractivity contribution in [2.75, 3.05) is 23.3 Å². The Morgan fingerprint density at radius 2 is 2.21 bits per heavy atom. The summed E-state index contributed by atoms with van der Waals surface area (Å²) in [7, 11) is 0. The molecular formula is C9H13N5. The zero-order chi connectivity index (χ0) is 10.4. The van der Waals surface area contributed by atoms with Crippen LogP contribution in [-0.4, -0.2) is 16.5 Å². The fourth-order valence-electron chi connectivity index (χ4n) is 0.954. The molecule has 5 nitrogen and oxygen atoms in total. The van der Waals surface area contributed by atoms with Gasteiger partial charge >= 0.3 is 0 Å². The lowest BCUT2D eigenvalue weighted by atomic mass is 10.4. The first kappa shape index (κ1) is 10.1. The first-order valence-corrected chi connectivity index (χ1v) is 4.26. The zero-order valence-corrected chi connectivity index (χ0v) is 8.04. The molecule has 0 aliphatic carbocycles. The molecule has 0 saturated heterocycles. The van der Waals surface area contributed by atoms with Crippen molar-refractivity contribution >= 4 is 17.6 Å². The molecule has 0 atom stereocenters. The molecule has 0 spiro atoms. The van der Waals surface area contributed by atoms with E-state index in [0.29, 0.717) is 11.6 Å². The Kier molecular flexibility index (Phi) is 3.56. The second-order valence-corrected chi connectivity index (χ2v) is 2.64. The maximum atomic E-state index is 5.49. The number of nitrogens with zero attached hydrogens (tertiary/aromatic N) is 2. The summed E-state index contributed by atoms with van der Waals surface area (Å²) in [5.74, 6) is 6.90. The van der Waals surface area contributed by atoms with Crippen LogP contribution in [0.1, 0.15) is 13.3 Å². The van der Waals surface area contributed by atoms with E-state index in [1.165, 1.54) is 0 Å². The van der Waals surface area contributed by atoms with E-state index in [1.54, 1.807) is 13.0 Å². The summed E-state index contributed by atoms with van der Waals surface area (Å²) in [6.07, 6.45) is 0.764. The number of rotatable bonds is 3. The van der Waals surface area contributed by atoms with Crippen LogP contribution in [0.2, 0.25) is 0 Å². The third kappa shape index (κ3) is 3.19. The minimum absolute atomic E-state index is 0.175. The first-order chi connectivity index (χ1) is 6.72. The van der Waals surface area contributed by atoms with E-state index in [9.17, 15) is 0 Å². The maximum absolute atomic E-state index is 5.49. The van der Waals surface area contributed by atoms with E-state index in [2.05, 4.69) is 27.1 Å². The van der Waals surface area contributed by atoms with E-state index in [0.717, 1.165) is 13.0 Å². The van der Waals surface area contributed by atoms with Crippen molar-refractivity contribution in [1.29, 1.82) is 0 Å². The topological polar surface area (TPSA) is 89.8 Å². The Bertz CT molecular complexity index is 343. The Balaban J connectivity index is 2.53. The van der Waals surface area contributed by atoms with Crippen LogP contribution in [0.4, 0.5) is 17.6 Å². The lowest BCUT2D eigenvalue weighted by molar-refractivity contribution is 1.06. The van der Waals surface area contributed by atoms with Crippen molar-refractivity contribution in [1.82, 2.24) is 9.97 Å².